The molecule has 0 saturated carbocycles. The number of nitrogens with zero attached hydrogens (tertiary/aromatic N) is 3. The minimum absolute atomic E-state index is 0.0110. The fourth-order valence-corrected chi connectivity index (χ4v) is 6.73. The van der Waals surface area contributed by atoms with Gasteiger partial charge < -0.3 is 20.2 Å². The Hall–Kier alpha value is -3.11. The molecule has 10 heteroatoms. The summed E-state index contributed by atoms with van der Waals surface area (Å²) in [6.45, 7) is 11.9. The lowest BCUT2D eigenvalue weighted by atomic mass is 9.85. The van der Waals surface area contributed by atoms with E-state index in [4.69, 9.17) is 0 Å². The SMILES string of the molecule is CCN(C(=O)NCc1ccc(F)c(F)c1)C1CCN(CC2CN(C(C(=O)O)C(C)(C)C)CC2c2cccc(F)c2)CC1. The van der Waals surface area contributed by atoms with Crippen LogP contribution in [0.1, 0.15) is 57.6 Å². The number of carboxylic acid groups (broad SMARTS) is 1. The van der Waals surface area contributed by atoms with Gasteiger partial charge in [0.25, 0.3) is 0 Å². The maximum atomic E-state index is 14.2. The molecule has 2 aromatic rings. The molecule has 0 spiro atoms. The summed E-state index contributed by atoms with van der Waals surface area (Å²) >= 11 is 0. The predicted molar refractivity (Wildman–Crippen MR) is 156 cm³/mol. The number of piperidine rings is 1. The molecule has 2 aliphatic heterocycles. The van der Waals surface area contributed by atoms with E-state index in [2.05, 4.69) is 10.2 Å². The molecule has 7 nitrogen and oxygen atoms in total. The van der Waals surface area contributed by atoms with Gasteiger partial charge in [0.2, 0.25) is 0 Å². The van der Waals surface area contributed by atoms with Gasteiger partial charge in [-0.25, -0.2) is 18.0 Å². The number of carboxylic acids is 1. The van der Waals surface area contributed by atoms with E-state index in [9.17, 15) is 27.9 Å². The number of hydrogen-bond donors (Lipinski definition) is 2. The van der Waals surface area contributed by atoms with Gasteiger partial charge >= 0.3 is 12.0 Å². The number of carbonyl (C=O) groups is 2. The number of amides is 2. The van der Waals surface area contributed by atoms with Crippen molar-refractivity contribution >= 4 is 12.0 Å². The van der Waals surface area contributed by atoms with Crippen molar-refractivity contribution in [3.8, 4) is 0 Å². The highest BCUT2D eigenvalue weighted by atomic mass is 19.2. The second-order valence-corrected chi connectivity index (χ2v) is 12.7. The molecule has 0 aliphatic carbocycles. The van der Waals surface area contributed by atoms with Gasteiger partial charge in [-0.3, -0.25) is 9.69 Å². The molecule has 2 aromatic carbocycles. The monoisotopic (exact) mass is 588 g/mol. The highest BCUT2D eigenvalue weighted by Crippen LogP contribution is 2.38. The Balaban J connectivity index is 1.38. The Morgan fingerprint density at radius 2 is 1.76 bits per heavy atom. The molecule has 2 N–H and O–H groups in total. The van der Waals surface area contributed by atoms with Crippen molar-refractivity contribution in [3.05, 3.63) is 71.0 Å². The number of carbonyl (C=O) groups excluding carboxylic acids is 1. The lowest BCUT2D eigenvalue weighted by Crippen LogP contribution is -2.51. The average Bonchev–Trinajstić information content (AvgIpc) is 3.32. The first-order chi connectivity index (χ1) is 19.9. The summed E-state index contributed by atoms with van der Waals surface area (Å²) in [7, 11) is 0. The van der Waals surface area contributed by atoms with Gasteiger partial charge in [0.1, 0.15) is 11.9 Å². The molecule has 2 heterocycles. The Labute approximate surface area is 246 Å². The first kappa shape index (κ1) is 31.8. The van der Waals surface area contributed by atoms with E-state index in [0.29, 0.717) is 25.2 Å². The fourth-order valence-electron chi connectivity index (χ4n) is 6.73. The van der Waals surface area contributed by atoms with Crippen molar-refractivity contribution < 1.29 is 27.9 Å². The van der Waals surface area contributed by atoms with Gasteiger partial charge in [0.05, 0.1) is 0 Å². The Kier molecular flexibility index (Phi) is 10.2. The molecule has 0 radical (unpaired) electrons. The van der Waals surface area contributed by atoms with E-state index in [0.717, 1.165) is 50.2 Å². The van der Waals surface area contributed by atoms with Crippen LogP contribution in [0.15, 0.2) is 42.5 Å². The molecule has 3 atom stereocenters. The van der Waals surface area contributed by atoms with E-state index in [1.807, 2.05) is 38.7 Å². The topological polar surface area (TPSA) is 76.1 Å². The number of likely N-dealkylation sites (tertiary alicyclic amines) is 2. The maximum Gasteiger partial charge on any atom is 0.321 e. The summed E-state index contributed by atoms with van der Waals surface area (Å²) in [6.07, 6.45) is 1.57. The third-order valence-electron chi connectivity index (χ3n) is 8.69. The number of nitrogens with one attached hydrogen (secondary N) is 1. The summed E-state index contributed by atoms with van der Waals surface area (Å²) in [6, 6.07) is 9.40. The van der Waals surface area contributed by atoms with Crippen molar-refractivity contribution in [1.82, 2.24) is 20.0 Å². The molecular weight excluding hydrogens is 545 g/mol. The zero-order valence-electron chi connectivity index (χ0n) is 25.0. The fraction of sp³-hybridized carbons (Fsp3) is 0.562. The molecule has 2 aliphatic rings. The van der Waals surface area contributed by atoms with Crippen LogP contribution in [-0.2, 0) is 11.3 Å². The number of hydrogen-bond acceptors (Lipinski definition) is 4. The van der Waals surface area contributed by atoms with Gasteiger partial charge in [0.15, 0.2) is 11.6 Å². The molecule has 4 rings (SSSR count). The zero-order valence-corrected chi connectivity index (χ0v) is 25.0. The van der Waals surface area contributed by atoms with Crippen LogP contribution in [0.2, 0.25) is 0 Å². The Morgan fingerprint density at radius 1 is 1.05 bits per heavy atom. The van der Waals surface area contributed by atoms with E-state index < -0.39 is 29.1 Å². The number of halogens is 3. The molecule has 2 saturated heterocycles. The zero-order chi connectivity index (χ0) is 30.6. The Morgan fingerprint density at radius 3 is 2.36 bits per heavy atom. The third kappa shape index (κ3) is 7.64. The lowest BCUT2D eigenvalue weighted by Gasteiger charge is -2.39. The molecule has 3 unspecified atom stereocenters. The first-order valence-electron chi connectivity index (χ1n) is 14.8. The first-order valence-corrected chi connectivity index (χ1v) is 14.8. The van der Waals surface area contributed by atoms with Crippen LogP contribution in [0.4, 0.5) is 18.0 Å². The number of urea groups is 1. The largest absolute Gasteiger partial charge is 0.480 e. The highest BCUT2D eigenvalue weighted by molar-refractivity contribution is 5.75. The maximum absolute atomic E-state index is 14.2. The minimum atomic E-state index is -0.941. The second kappa shape index (κ2) is 13.5. The van der Waals surface area contributed by atoms with Crippen LogP contribution in [-0.4, -0.2) is 83.2 Å². The lowest BCUT2D eigenvalue weighted by molar-refractivity contribution is -0.147. The molecule has 42 heavy (non-hydrogen) atoms. The van der Waals surface area contributed by atoms with Crippen LogP contribution in [0.5, 0.6) is 0 Å². The van der Waals surface area contributed by atoms with Crippen LogP contribution in [0.25, 0.3) is 0 Å². The quantitative estimate of drug-likeness (QED) is 0.415. The molecule has 230 valence electrons. The van der Waals surface area contributed by atoms with Crippen molar-refractivity contribution in [2.75, 3.05) is 39.3 Å². The smallest absolute Gasteiger partial charge is 0.321 e. The van der Waals surface area contributed by atoms with Gasteiger partial charge in [-0.15, -0.1) is 0 Å². The summed E-state index contributed by atoms with van der Waals surface area (Å²) < 4.78 is 41.0. The molecular formula is C32H43F3N4O3. The van der Waals surface area contributed by atoms with Crippen LogP contribution in [0, 0.1) is 28.8 Å². The van der Waals surface area contributed by atoms with E-state index in [1.54, 1.807) is 17.0 Å². The summed E-state index contributed by atoms with van der Waals surface area (Å²) in [5.74, 6) is -2.85. The van der Waals surface area contributed by atoms with Crippen LogP contribution >= 0.6 is 0 Å². The van der Waals surface area contributed by atoms with E-state index >= 15 is 0 Å². The summed E-state index contributed by atoms with van der Waals surface area (Å²) in [5, 5.41) is 12.9. The molecule has 0 bridgehead atoms. The van der Waals surface area contributed by atoms with Crippen molar-refractivity contribution in [3.63, 3.8) is 0 Å². The van der Waals surface area contributed by atoms with E-state index in [-0.39, 0.29) is 36.3 Å². The van der Waals surface area contributed by atoms with Gasteiger partial charge in [0, 0.05) is 57.8 Å². The third-order valence-corrected chi connectivity index (χ3v) is 8.69. The average molecular weight is 589 g/mol. The standard InChI is InChI=1S/C32H43F3N4O3/c1-5-39(31(42)36-17-21-9-10-27(34)28(35)15-21)25-11-13-37(14-12-25)18-23-19-38(29(30(40)41)32(2,3)4)20-26(23)22-7-6-8-24(33)16-22/h6-10,15-16,23,25-26,29H,5,11-14,17-20H2,1-4H3,(H,36,42)(H,40,41). The van der Waals surface area contributed by atoms with Crippen molar-refractivity contribution in [2.45, 2.75) is 65.1 Å². The van der Waals surface area contributed by atoms with Crippen LogP contribution < -0.4 is 5.32 Å². The normalized spacial score (nSPS) is 21.3. The van der Waals surface area contributed by atoms with Gasteiger partial charge in [-0.05, 0) is 66.5 Å². The minimum Gasteiger partial charge on any atom is -0.480 e. The molecule has 2 fully saturated rings. The van der Waals surface area contributed by atoms with Gasteiger partial charge in [-0.1, -0.05) is 39.0 Å². The van der Waals surface area contributed by atoms with Crippen molar-refractivity contribution in [1.29, 1.82) is 0 Å². The highest BCUT2D eigenvalue weighted by Gasteiger charge is 2.44. The number of aliphatic carboxylic acids is 1. The van der Waals surface area contributed by atoms with Crippen LogP contribution in [0.3, 0.4) is 0 Å². The van der Waals surface area contributed by atoms with Gasteiger partial charge in [-0.2, -0.15) is 0 Å². The molecule has 0 aromatic heterocycles. The summed E-state index contributed by atoms with van der Waals surface area (Å²) in [4.78, 5) is 31.5. The summed E-state index contributed by atoms with van der Waals surface area (Å²) in [5.41, 5.74) is 0.925. The van der Waals surface area contributed by atoms with Crippen molar-refractivity contribution in [2.24, 2.45) is 11.3 Å². The van der Waals surface area contributed by atoms with E-state index in [1.165, 1.54) is 12.1 Å². The number of benzene rings is 2. The molecule has 2 amide bonds. The predicted octanol–water partition coefficient (Wildman–Crippen LogP) is 5.31. The second-order valence-electron chi connectivity index (χ2n) is 12.7. The Bertz CT molecular complexity index is 1250. The number of rotatable bonds is 9.